The van der Waals surface area contributed by atoms with Crippen LogP contribution in [-0.4, -0.2) is 60.0 Å². The summed E-state index contributed by atoms with van der Waals surface area (Å²) in [6, 6.07) is 3.53. The molecule has 1 aliphatic heterocycles. The van der Waals surface area contributed by atoms with Gasteiger partial charge < -0.3 is 25.8 Å². The van der Waals surface area contributed by atoms with E-state index in [1.165, 1.54) is 0 Å². The third-order valence-corrected chi connectivity index (χ3v) is 4.35. The molecule has 0 unspecified atom stereocenters. The summed E-state index contributed by atoms with van der Waals surface area (Å²) >= 11 is 0. The Hall–Kier alpha value is -2.29. The maximum Gasteiger partial charge on any atom is 0.224 e. The van der Waals surface area contributed by atoms with Gasteiger partial charge in [0.2, 0.25) is 5.95 Å². The van der Waals surface area contributed by atoms with Crippen molar-refractivity contribution in [3.63, 3.8) is 0 Å². The maximum absolute atomic E-state index is 9.86. The van der Waals surface area contributed by atoms with Gasteiger partial charge in [-0.1, -0.05) is 6.07 Å². The summed E-state index contributed by atoms with van der Waals surface area (Å²) in [4.78, 5) is 13.5. The van der Waals surface area contributed by atoms with E-state index in [0.717, 1.165) is 48.6 Å². The van der Waals surface area contributed by atoms with Gasteiger partial charge in [0.05, 0.1) is 24.9 Å². The number of aliphatic hydroxyl groups is 1. The van der Waals surface area contributed by atoms with Crippen LogP contribution in [0, 0.1) is 0 Å². The number of methoxy groups -OCH3 is 1. The first-order valence-corrected chi connectivity index (χ1v) is 8.92. The fourth-order valence-corrected chi connectivity index (χ4v) is 2.99. The molecule has 0 fully saturated rings. The first-order valence-electron chi connectivity index (χ1n) is 8.92. The van der Waals surface area contributed by atoms with Gasteiger partial charge in [-0.2, -0.15) is 4.98 Å². The van der Waals surface area contributed by atoms with Crippen LogP contribution in [0.5, 0.6) is 0 Å². The number of nitrogens with zero attached hydrogens (tertiary/aromatic N) is 3. The molecule has 3 rings (SSSR count). The first-order chi connectivity index (χ1) is 12.8. The molecule has 0 saturated carbocycles. The van der Waals surface area contributed by atoms with Crippen molar-refractivity contribution in [3.8, 4) is 0 Å². The Balaban J connectivity index is 1.88. The molecule has 2 aromatic rings. The van der Waals surface area contributed by atoms with E-state index >= 15 is 0 Å². The highest BCUT2D eigenvalue weighted by atomic mass is 16.5. The number of nitrogens with one attached hydrogen (secondary N) is 3. The summed E-state index contributed by atoms with van der Waals surface area (Å²) in [6.07, 6.45) is 5.18. The molecule has 0 aromatic carbocycles. The standard InChI is InChI=1S/C18H26N6O2/c1-26-10-9-21-18-23-15-5-8-19-7-4-14(15)17(24-18)22-16(12-25)13-3-2-6-20-11-13/h2-3,6,11,16,19,25H,4-5,7-10,12H2,1H3,(H2,21,22,23,24)/t16-/m1/s1. The molecule has 26 heavy (non-hydrogen) atoms. The van der Waals surface area contributed by atoms with Crippen LogP contribution >= 0.6 is 0 Å². The van der Waals surface area contributed by atoms with E-state index < -0.39 is 0 Å². The number of pyridine rings is 1. The molecular formula is C18H26N6O2. The lowest BCUT2D eigenvalue weighted by Crippen LogP contribution is -2.20. The molecule has 140 valence electrons. The van der Waals surface area contributed by atoms with Crippen molar-refractivity contribution in [2.24, 2.45) is 0 Å². The third kappa shape index (κ3) is 4.66. The maximum atomic E-state index is 9.86. The predicted molar refractivity (Wildman–Crippen MR) is 100 cm³/mol. The highest BCUT2D eigenvalue weighted by molar-refractivity contribution is 5.53. The van der Waals surface area contributed by atoms with Crippen LogP contribution in [0.2, 0.25) is 0 Å². The molecule has 8 heteroatoms. The van der Waals surface area contributed by atoms with Gasteiger partial charge in [0.1, 0.15) is 5.82 Å². The van der Waals surface area contributed by atoms with Crippen LogP contribution in [0.4, 0.5) is 11.8 Å². The number of fused-ring (bicyclic) bond motifs is 1. The fraction of sp³-hybridized carbons (Fsp3) is 0.500. The normalized spacial score (nSPS) is 15.0. The Bertz CT molecular complexity index is 698. The summed E-state index contributed by atoms with van der Waals surface area (Å²) in [7, 11) is 1.66. The SMILES string of the molecule is COCCNc1nc2c(c(N[C@H](CO)c3cccnc3)n1)CCNCC2. The lowest BCUT2D eigenvalue weighted by molar-refractivity contribution is 0.210. The van der Waals surface area contributed by atoms with Crippen molar-refractivity contribution >= 4 is 11.8 Å². The van der Waals surface area contributed by atoms with Crippen molar-refractivity contribution in [3.05, 3.63) is 41.3 Å². The lowest BCUT2D eigenvalue weighted by Gasteiger charge is -2.21. The minimum atomic E-state index is -0.272. The van der Waals surface area contributed by atoms with Gasteiger partial charge in [-0.25, -0.2) is 4.98 Å². The molecule has 0 amide bonds. The van der Waals surface area contributed by atoms with Gasteiger partial charge in [-0.3, -0.25) is 4.98 Å². The summed E-state index contributed by atoms with van der Waals surface area (Å²) in [6.45, 7) is 2.96. The molecule has 0 saturated heterocycles. The topological polar surface area (TPSA) is 104 Å². The van der Waals surface area contributed by atoms with Gasteiger partial charge in [0, 0.05) is 44.6 Å². The van der Waals surface area contributed by atoms with E-state index in [0.29, 0.717) is 19.1 Å². The highest BCUT2D eigenvalue weighted by Gasteiger charge is 2.19. The van der Waals surface area contributed by atoms with Crippen LogP contribution < -0.4 is 16.0 Å². The van der Waals surface area contributed by atoms with Crippen molar-refractivity contribution in [1.82, 2.24) is 20.3 Å². The number of hydrogen-bond donors (Lipinski definition) is 4. The second kappa shape index (κ2) is 9.42. The Morgan fingerprint density at radius 2 is 2.19 bits per heavy atom. The van der Waals surface area contributed by atoms with Gasteiger partial charge in [-0.15, -0.1) is 0 Å². The van der Waals surface area contributed by atoms with Gasteiger partial charge in [0.15, 0.2) is 0 Å². The zero-order valence-corrected chi connectivity index (χ0v) is 15.0. The second-order valence-electron chi connectivity index (χ2n) is 6.16. The molecule has 3 heterocycles. The van der Waals surface area contributed by atoms with Crippen molar-refractivity contribution in [2.75, 3.05) is 50.6 Å². The van der Waals surface area contributed by atoms with Crippen LogP contribution in [-0.2, 0) is 17.6 Å². The molecule has 1 atom stereocenters. The first kappa shape index (κ1) is 18.5. The summed E-state index contributed by atoms with van der Waals surface area (Å²) in [5.74, 6) is 1.34. The Kier molecular flexibility index (Phi) is 6.70. The molecule has 0 bridgehead atoms. The van der Waals surface area contributed by atoms with Crippen LogP contribution in [0.1, 0.15) is 22.9 Å². The third-order valence-electron chi connectivity index (χ3n) is 4.35. The zero-order valence-electron chi connectivity index (χ0n) is 15.0. The van der Waals surface area contributed by atoms with E-state index in [1.54, 1.807) is 19.5 Å². The van der Waals surface area contributed by atoms with Gasteiger partial charge >= 0.3 is 0 Å². The lowest BCUT2D eigenvalue weighted by atomic mass is 10.1. The summed E-state index contributed by atoms with van der Waals surface area (Å²) in [5, 5.41) is 19.9. The van der Waals surface area contributed by atoms with Crippen LogP contribution in [0.3, 0.4) is 0 Å². The second-order valence-corrected chi connectivity index (χ2v) is 6.16. The molecular weight excluding hydrogens is 332 g/mol. The molecule has 0 aliphatic carbocycles. The van der Waals surface area contributed by atoms with E-state index in [4.69, 9.17) is 4.74 Å². The highest BCUT2D eigenvalue weighted by Crippen LogP contribution is 2.25. The summed E-state index contributed by atoms with van der Waals surface area (Å²) < 4.78 is 5.08. The minimum absolute atomic E-state index is 0.0465. The molecule has 0 spiro atoms. The number of rotatable bonds is 8. The number of hydrogen-bond acceptors (Lipinski definition) is 8. The number of ether oxygens (including phenoxy) is 1. The quantitative estimate of drug-likeness (QED) is 0.513. The fourth-order valence-electron chi connectivity index (χ4n) is 2.99. The van der Waals surface area contributed by atoms with Crippen molar-refractivity contribution in [1.29, 1.82) is 0 Å². The predicted octanol–water partition coefficient (Wildman–Crippen LogP) is 0.764. The van der Waals surface area contributed by atoms with Crippen molar-refractivity contribution < 1.29 is 9.84 Å². The average Bonchev–Trinajstić information content (AvgIpc) is 2.92. The van der Waals surface area contributed by atoms with E-state index in [1.807, 2.05) is 12.1 Å². The largest absolute Gasteiger partial charge is 0.394 e. The van der Waals surface area contributed by atoms with Crippen LogP contribution in [0.15, 0.2) is 24.5 Å². The average molecular weight is 358 g/mol. The van der Waals surface area contributed by atoms with E-state index in [9.17, 15) is 5.11 Å². The van der Waals surface area contributed by atoms with Gasteiger partial charge in [-0.05, 0) is 24.6 Å². The van der Waals surface area contributed by atoms with E-state index in [2.05, 4.69) is 30.9 Å². The van der Waals surface area contributed by atoms with Gasteiger partial charge in [0.25, 0.3) is 0 Å². The van der Waals surface area contributed by atoms with Crippen LogP contribution in [0.25, 0.3) is 0 Å². The molecule has 8 nitrogen and oxygen atoms in total. The van der Waals surface area contributed by atoms with Crippen molar-refractivity contribution in [2.45, 2.75) is 18.9 Å². The number of aliphatic hydroxyl groups excluding tert-OH is 1. The zero-order chi connectivity index (χ0) is 18.2. The Morgan fingerprint density at radius 1 is 1.31 bits per heavy atom. The Morgan fingerprint density at radius 3 is 2.96 bits per heavy atom. The monoisotopic (exact) mass is 358 g/mol. The molecule has 1 aliphatic rings. The number of anilines is 2. The summed E-state index contributed by atoms with van der Waals surface area (Å²) in [5.41, 5.74) is 3.06. The minimum Gasteiger partial charge on any atom is -0.394 e. The molecule has 2 aromatic heterocycles. The Labute approximate surface area is 153 Å². The molecule has 0 radical (unpaired) electrons. The number of aromatic nitrogens is 3. The van der Waals surface area contributed by atoms with E-state index in [-0.39, 0.29) is 12.6 Å². The smallest absolute Gasteiger partial charge is 0.224 e. The molecule has 4 N–H and O–H groups in total.